The number of hydrogen-bond acceptors (Lipinski definition) is 3. The average molecular weight is 271 g/mol. The van der Waals surface area contributed by atoms with Crippen molar-refractivity contribution in [3.8, 4) is 5.75 Å². The highest BCUT2D eigenvalue weighted by Crippen LogP contribution is 2.29. The minimum atomic E-state index is -0.547. The van der Waals surface area contributed by atoms with Gasteiger partial charge < -0.3 is 4.74 Å². The molecule has 1 aromatic heterocycles. The summed E-state index contributed by atoms with van der Waals surface area (Å²) >= 11 is 6.27. The Morgan fingerprint density at radius 3 is 2.53 bits per heavy atom. The van der Waals surface area contributed by atoms with Crippen LogP contribution in [0.5, 0.6) is 5.75 Å². The first kappa shape index (κ1) is 11.9. The van der Waals surface area contributed by atoms with E-state index < -0.39 is 5.56 Å². The van der Waals surface area contributed by atoms with E-state index in [0.29, 0.717) is 11.3 Å². The third kappa shape index (κ3) is 2.51. The third-order valence-corrected chi connectivity index (χ3v) is 3.09. The molecule has 1 atom stereocenters. The van der Waals surface area contributed by atoms with Crippen LogP contribution in [0.15, 0.2) is 60.9 Å². The largest absolute Gasteiger partial charge is 0.468 e. The molecule has 2 aromatic carbocycles. The van der Waals surface area contributed by atoms with Crippen molar-refractivity contribution >= 4 is 22.6 Å². The maximum absolute atomic E-state index is 6.27. The van der Waals surface area contributed by atoms with E-state index >= 15 is 0 Å². The highest BCUT2D eigenvalue weighted by molar-refractivity contribution is 6.20. The molecule has 0 aliphatic rings. The Balaban J connectivity index is 1.94. The van der Waals surface area contributed by atoms with Crippen LogP contribution in [0, 0.1) is 0 Å². The lowest BCUT2D eigenvalue weighted by atomic mass is 10.2. The molecule has 0 bridgehead atoms. The highest BCUT2D eigenvalue weighted by Gasteiger charge is 2.11. The number of halogens is 1. The summed E-state index contributed by atoms with van der Waals surface area (Å²) in [6, 6.07) is 15.3. The minimum Gasteiger partial charge on any atom is -0.468 e. The summed E-state index contributed by atoms with van der Waals surface area (Å²) in [5.41, 5.74) is 1.86. The van der Waals surface area contributed by atoms with Gasteiger partial charge >= 0.3 is 0 Å². The molecule has 3 rings (SSSR count). The van der Waals surface area contributed by atoms with Crippen molar-refractivity contribution in [2.24, 2.45) is 0 Å². The molecule has 0 saturated carbocycles. The number of ether oxygens (including phenoxy) is 1. The number of hydrogen-bond donors (Lipinski definition) is 0. The summed E-state index contributed by atoms with van der Waals surface area (Å²) in [5.74, 6) is 0.634. The first-order chi connectivity index (χ1) is 9.34. The van der Waals surface area contributed by atoms with Gasteiger partial charge in [0.2, 0.25) is 0 Å². The summed E-state index contributed by atoms with van der Waals surface area (Å²) in [6.07, 6.45) is 3.29. The van der Waals surface area contributed by atoms with E-state index in [4.69, 9.17) is 16.3 Å². The molecule has 0 aliphatic heterocycles. The lowest BCUT2D eigenvalue weighted by Gasteiger charge is -2.13. The third-order valence-electron chi connectivity index (χ3n) is 2.75. The molecule has 0 N–H and O–H groups in total. The van der Waals surface area contributed by atoms with Crippen LogP contribution in [0.1, 0.15) is 11.1 Å². The molecule has 94 valence electrons. The van der Waals surface area contributed by atoms with E-state index in [9.17, 15) is 0 Å². The fourth-order valence-electron chi connectivity index (χ4n) is 1.85. The van der Waals surface area contributed by atoms with E-state index in [-0.39, 0.29) is 0 Å². The molecule has 3 nitrogen and oxygen atoms in total. The fourth-order valence-corrected chi connectivity index (χ4v) is 2.09. The van der Waals surface area contributed by atoms with E-state index in [1.165, 1.54) is 0 Å². The second-order valence-corrected chi connectivity index (χ2v) is 4.42. The van der Waals surface area contributed by atoms with Crippen LogP contribution >= 0.6 is 11.6 Å². The molecule has 0 amide bonds. The summed E-state index contributed by atoms with van der Waals surface area (Å²) in [4.78, 5) is 8.52. The summed E-state index contributed by atoms with van der Waals surface area (Å²) < 4.78 is 5.78. The van der Waals surface area contributed by atoms with Crippen molar-refractivity contribution < 1.29 is 4.74 Å². The molecule has 1 heterocycles. The first-order valence-corrected chi connectivity index (χ1v) is 6.33. The zero-order chi connectivity index (χ0) is 13.1. The van der Waals surface area contributed by atoms with Crippen molar-refractivity contribution in [2.75, 3.05) is 0 Å². The van der Waals surface area contributed by atoms with Gasteiger partial charge in [0, 0.05) is 18.0 Å². The second kappa shape index (κ2) is 5.24. The minimum absolute atomic E-state index is 0.547. The first-order valence-electron chi connectivity index (χ1n) is 5.90. The van der Waals surface area contributed by atoms with Gasteiger partial charge in [-0.05, 0) is 12.1 Å². The van der Waals surface area contributed by atoms with Gasteiger partial charge in [-0.15, -0.1) is 0 Å². The number of rotatable bonds is 3. The van der Waals surface area contributed by atoms with Crippen molar-refractivity contribution in [3.63, 3.8) is 0 Å². The predicted molar refractivity (Wildman–Crippen MR) is 75.2 cm³/mol. The molecule has 4 heteroatoms. The van der Waals surface area contributed by atoms with Crippen molar-refractivity contribution in [2.45, 2.75) is 5.56 Å². The maximum Gasteiger partial charge on any atom is 0.197 e. The fraction of sp³-hybridized carbons (Fsp3) is 0.0667. The molecule has 0 radical (unpaired) electrons. The number of aromatic nitrogens is 2. The second-order valence-electron chi connectivity index (χ2n) is 4.02. The molecule has 3 aromatic rings. The van der Waals surface area contributed by atoms with Crippen LogP contribution in [0.25, 0.3) is 11.0 Å². The van der Waals surface area contributed by atoms with Gasteiger partial charge in [0.05, 0.1) is 5.52 Å². The Bertz CT molecular complexity index is 683. The Morgan fingerprint density at radius 2 is 1.68 bits per heavy atom. The maximum atomic E-state index is 6.27. The zero-order valence-corrected chi connectivity index (χ0v) is 10.8. The van der Waals surface area contributed by atoms with E-state index in [2.05, 4.69) is 9.97 Å². The molecule has 0 spiro atoms. The molecular formula is C15H11ClN2O. The van der Waals surface area contributed by atoms with E-state index in [1.54, 1.807) is 12.4 Å². The van der Waals surface area contributed by atoms with Gasteiger partial charge in [0.1, 0.15) is 11.3 Å². The normalized spacial score (nSPS) is 12.3. The van der Waals surface area contributed by atoms with Crippen molar-refractivity contribution in [1.82, 2.24) is 9.97 Å². The Labute approximate surface area is 115 Å². The summed E-state index contributed by atoms with van der Waals surface area (Å²) in [6.45, 7) is 0. The van der Waals surface area contributed by atoms with Crippen LogP contribution in [-0.4, -0.2) is 9.97 Å². The molecule has 19 heavy (non-hydrogen) atoms. The van der Waals surface area contributed by atoms with E-state index in [0.717, 1.165) is 11.1 Å². The quantitative estimate of drug-likeness (QED) is 0.676. The number of alkyl halides is 1. The summed E-state index contributed by atoms with van der Waals surface area (Å²) in [7, 11) is 0. The van der Waals surface area contributed by atoms with Gasteiger partial charge in [-0.1, -0.05) is 48.0 Å². The number of benzene rings is 2. The Morgan fingerprint density at radius 1 is 0.895 bits per heavy atom. The molecular weight excluding hydrogens is 260 g/mol. The molecule has 0 saturated heterocycles. The highest BCUT2D eigenvalue weighted by atomic mass is 35.5. The predicted octanol–water partition coefficient (Wildman–Crippen LogP) is 3.95. The standard InChI is InChI=1S/C15H11ClN2O/c16-15(11-5-2-1-3-6-11)19-13-8-4-7-12-14(13)18-10-9-17-12/h1-10,15H. The average Bonchev–Trinajstić information content (AvgIpc) is 2.48. The molecule has 1 unspecified atom stereocenters. The Hall–Kier alpha value is -2.13. The van der Waals surface area contributed by atoms with E-state index in [1.807, 2.05) is 48.5 Å². The zero-order valence-electron chi connectivity index (χ0n) is 10.0. The number of para-hydroxylation sites is 1. The topological polar surface area (TPSA) is 35.0 Å². The van der Waals surface area contributed by atoms with Crippen molar-refractivity contribution in [1.29, 1.82) is 0 Å². The van der Waals surface area contributed by atoms with Crippen LogP contribution in [0.4, 0.5) is 0 Å². The van der Waals surface area contributed by atoms with Crippen LogP contribution in [0.3, 0.4) is 0 Å². The van der Waals surface area contributed by atoms with Gasteiger partial charge in [0.25, 0.3) is 0 Å². The smallest absolute Gasteiger partial charge is 0.197 e. The van der Waals surface area contributed by atoms with Gasteiger partial charge in [-0.3, -0.25) is 4.98 Å². The van der Waals surface area contributed by atoms with Crippen molar-refractivity contribution in [3.05, 3.63) is 66.5 Å². The molecule has 0 fully saturated rings. The van der Waals surface area contributed by atoms with Crippen LogP contribution in [-0.2, 0) is 0 Å². The van der Waals surface area contributed by atoms with Crippen LogP contribution in [0.2, 0.25) is 0 Å². The monoisotopic (exact) mass is 270 g/mol. The SMILES string of the molecule is ClC(Oc1cccc2nccnc12)c1ccccc1. The number of nitrogens with zero attached hydrogens (tertiary/aromatic N) is 2. The van der Waals surface area contributed by atoms with Gasteiger partial charge in [0.15, 0.2) is 5.56 Å². The molecule has 0 aliphatic carbocycles. The lowest BCUT2D eigenvalue weighted by Crippen LogP contribution is -2.01. The van der Waals surface area contributed by atoms with Gasteiger partial charge in [-0.2, -0.15) is 0 Å². The Kier molecular flexibility index (Phi) is 3.29. The van der Waals surface area contributed by atoms with Gasteiger partial charge in [-0.25, -0.2) is 4.98 Å². The lowest BCUT2D eigenvalue weighted by molar-refractivity contribution is 0.291. The number of fused-ring (bicyclic) bond motifs is 1. The summed E-state index contributed by atoms with van der Waals surface area (Å²) in [5, 5.41) is 0. The van der Waals surface area contributed by atoms with Crippen LogP contribution < -0.4 is 4.74 Å².